The van der Waals surface area contributed by atoms with E-state index in [4.69, 9.17) is 4.74 Å². The Bertz CT molecular complexity index is 655. The van der Waals surface area contributed by atoms with Crippen molar-refractivity contribution in [1.29, 1.82) is 0 Å². The van der Waals surface area contributed by atoms with Crippen molar-refractivity contribution in [2.24, 2.45) is 4.99 Å². The largest absolute Gasteiger partial charge is 0.507 e. The van der Waals surface area contributed by atoms with Crippen molar-refractivity contribution in [3.05, 3.63) is 53.6 Å². The van der Waals surface area contributed by atoms with E-state index in [1.165, 1.54) is 5.56 Å². The van der Waals surface area contributed by atoms with Crippen LogP contribution < -0.4 is 4.74 Å². The maximum atomic E-state index is 9.78. The number of phenols is 1. The van der Waals surface area contributed by atoms with Crippen LogP contribution in [-0.2, 0) is 5.41 Å². The summed E-state index contributed by atoms with van der Waals surface area (Å²) in [5.41, 5.74) is 2.67. The van der Waals surface area contributed by atoms with E-state index >= 15 is 0 Å². The number of hydrogen-bond donors (Lipinski definition) is 1. The number of aliphatic imine (C=N–C) groups is 1. The molecule has 0 heterocycles. The van der Waals surface area contributed by atoms with E-state index in [0.717, 1.165) is 11.4 Å². The number of aromatic hydroxyl groups is 1. The molecule has 1 N–H and O–H groups in total. The molecule has 0 bridgehead atoms. The standard InChI is InChI=1S/C18H21NO2/c1-18(2,3)14-9-10-17(21-4)15(11-14)19-12-13-7-5-6-8-16(13)20/h5-12,20H,1-4H3. The van der Waals surface area contributed by atoms with Gasteiger partial charge in [-0.05, 0) is 35.2 Å². The summed E-state index contributed by atoms with van der Waals surface area (Å²) < 4.78 is 5.36. The average Bonchev–Trinajstić information content (AvgIpc) is 2.45. The van der Waals surface area contributed by atoms with Crippen LogP contribution in [-0.4, -0.2) is 18.4 Å². The molecule has 0 radical (unpaired) electrons. The quantitative estimate of drug-likeness (QED) is 0.846. The second kappa shape index (κ2) is 6.00. The van der Waals surface area contributed by atoms with E-state index < -0.39 is 0 Å². The van der Waals surface area contributed by atoms with E-state index in [2.05, 4.69) is 31.8 Å². The Morgan fingerprint density at radius 3 is 2.43 bits per heavy atom. The third-order valence-corrected chi connectivity index (χ3v) is 3.32. The van der Waals surface area contributed by atoms with Crippen LogP contribution >= 0.6 is 0 Å². The fourth-order valence-electron chi connectivity index (χ4n) is 1.99. The van der Waals surface area contributed by atoms with Crippen molar-refractivity contribution in [2.45, 2.75) is 26.2 Å². The first-order valence-corrected chi connectivity index (χ1v) is 6.92. The molecule has 110 valence electrons. The van der Waals surface area contributed by atoms with Crippen molar-refractivity contribution in [3.63, 3.8) is 0 Å². The van der Waals surface area contributed by atoms with Gasteiger partial charge in [0, 0.05) is 11.8 Å². The highest BCUT2D eigenvalue weighted by Crippen LogP contribution is 2.33. The van der Waals surface area contributed by atoms with Crippen LogP contribution in [0.1, 0.15) is 31.9 Å². The van der Waals surface area contributed by atoms with Gasteiger partial charge in [0.2, 0.25) is 0 Å². The first-order chi connectivity index (χ1) is 9.91. The lowest BCUT2D eigenvalue weighted by Gasteiger charge is -2.20. The molecule has 21 heavy (non-hydrogen) atoms. The molecule has 0 aliphatic carbocycles. The van der Waals surface area contributed by atoms with Gasteiger partial charge in [-0.3, -0.25) is 4.99 Å². The summed E-state index contributed by atoms with van der Waals surface area (Å²) in [5.74, 6) is 0.932. The lowest BCUT2D eigenvalue weighted by molar-refractivity contribution is 0.415. The van der Waals surface area contributed by atoms with Crippen molar-refractivity contribution in [3.8, 4) is 11.5 Å². The molecule has 0 aliphatic heterocycles. The molecule has 0 spiro atoms. The van der Waals surface area contributed by atoms with E-state index in [0.29, 0.717) is 5.56 Å². The average molecular weight is 283 g/mol. The molecule has 0 saturated carbocycles. The van der Waals surface area contributed by atoms with Crippen LogP contribution in [0.15, 0.2) is 47.5 Å². The fraction of sp³-hybridized carbons (Fsp3) is 0.278. The lowest BCUT2D eigenvalue weighted by atomic mass is 9.87. The summed E-state index contributed by atoms with van der Waals surface area (Å²) >= 11 is 0. The van der Waals surface area contributed by atoms with Gasteiger partial charge >= 0.3 is 0 Å². The second-order valence-corrected chi connectivity index (χ2v) is 5.95. The normalized spacial score (nSPS) is 11.8. The summed E-state index contributed by atoms with van der Waals surface area (Å²) in [6.45, 7) is 6.47. The third kappa shape index (κ3) is 3.63. The monoisotopic (exact) mass is 283 g/mol. The summed E-state index contributed by atoms with van der Waals surface area (Å²) in [6.07, 6.45) is 1.65. The van der Waals surface area contributed by atoms with E-state index in [1.807, 2.05) is 24.3 Å². The number of benzene rings is 2. The lowest BCUT2D eigenvalue weighted by Crippen LogP contribution is -2.10. The SMILES string of the molecule is COc1ccc(C(C)(C)C)cc1N=Cc1ccccc1O. The Hall–Kier alpha value is -2.29. The van der Waals surface area contributed by atoms with Crippen molar-refractivity contribution < 1.29 is 9.84 Å². The zero-order valence-corrected chi connectivity index (χ0v) is 12.9. The first kappa shape index (κ1) is 15.1. The number of ether oxygens (including phenoxy) is 1. The van der Waals surface area contributed by atoms with Gasteiger partial charge in [0.1, 0.15) is 17.2 Å². The number of rotatable bonds is 3. The van der Waals surface area contributed by atoms with Crippen molar-refractivity contribution in [2.75, 3.05) is 7.11 Å². The van der Waals surface area contributed by atoms with Gasteiger partial charge in [-0.2, -0.15) is 0 Å². The smallest absolute Gasteiger partial charge is 0.144 e. The van der Waals surface area contributed by atoms with Gasteiger partial charge in [-0.25, -0.2) is 0 Å². The van der Waals surface area contributed by atoms with Crippen LogP contribution in [0, 0.1) is 0 Å². The Balaban J connectivity index is 2.40. The number of nitrogens with zero attached hydrogens (tertiary/aromatic N) is 1. The summed E-state index contributed by atoms with van der Waals surface area (Å²) in [5, 5.41) is 9.78. The van der Waals surface area contributed by atoms with Crippen molar-refractivity contribution >= 4 is 11.9 Å². The maximum Gasteiger partial charge on any atom is 0.144 e. The molecule has 0 saturated heterocycles. The molecule has 0 atom stereocenters. The Kier molecular flexibility index (Phi) is 4.32. The summed E-state index contributed by atoms with van der Waals surface area (Å²) in [7, 11) is 1.63. The minimum absolute atomic E-state index is 0.0471. The van der Waals surface area contributed by atoms with Crippen LogP contribution in [0.3, 0.4) is 0 Å². The zero-order chi connectivity index (χ0) is 15.5. The molecule has 0 fully saturated rings. The molecule has 0 aromatic heterocycles. The molecule has 2 rings (SSSR count). The highest BCUT2D eigenvalue weighted by molar-refractivity contribution is 5.85. The van der Waals surface area contributed by atoms with Crippen LogP contribution in [0.5, 0.6) is 11.5 Å². The molecule has 3 nitrogen and oxygen atoms in total. The molecule has 0 amide bonds. The maximum absolute atomic E-state index is 9.78. The number of phenolic OH excluding ortho intramolecular Hbond substituents is 1. The molecule has 0 aliphatic rings. The van der Waals surface area contributed by atoms with Gasteiger partial charge in [0.25, 0.3) is 0 Å². The summed E-state index contributed by atoms with van der Waals surface area (Å²) in [6, 6.07) is 13.1. The predicted octanol–water partition coefficient (Wildman–Crippen LogP) is 4.45. The third-order valence-electron chi connectivity index (χ3n) is 3.32. The van der Waals surface area contributed by atoms with Gasteiger partial charge in [0.15, 0.2) is 0 Å². The minimum Gasteiger partial charge on any atom is -0.507 e. The molecule has 3 heteroatoms. The number of para-hydroxylation sites is 1. The van der Waals surface area contributed by atoms with Gasteiger partial charge < -0.3 is 9.84 Å². The Morgan fingerprint density at radius 2 is 1.81 bits per heavy atom. The molecule has 2 aromatic rings. The topological polar surface area (TPSA) is 41.8 Å². The van der Waals surface area contributed by atoms with Gasteiger partial charge in [0.05, 0.1) is 7.11 Å². The first-order valence-electron chi connectivity index (χ1n) is 6.92. The molecular weight excluding hydrogens is 262 g/mol. The summed E-state index contributed by atoms with van der Waals surface area (Å²) in [4.78, 5) is 4.47. The van der Waals surface area contributed by atoms with Crippen LogP contribution in [0.4, 0.5) is 5.69 Å². The van der Waals surface area contributed by atoms with Gasteiger partial charge in [-0.1, -0.05) is 39.0 Å². The van der Waals surface area contributed by atoms with E-state index in [9.17, 15) is 5.11 Å². The Morgan fingerprint density at radius 1 is 1.10 bits per heavy atom. The van der Waals surface area contributed by atoms with Crippen LogP contribution in [0.2, 0.25) is 0 Å². The highest BCUT2D eigenvalue weighted by Gasteiger charge is 2.15. The zero-order valence-electron chi connectivity index (χ0n) is 12.9. The second-order valence-electron chi connectivity index (χ2n) is 5.95. The number of methoxy groups -OCH3 is 1. The highest BCUT2D eigenvalue weighted by atomic mass is 16.5. The van der Waals surface area contributed by atoms with E-state index in [1.54, 1.807) is 25.5 Å². The van der Waals surface area contributed by atoms with Gasteiger partial charge in [-0.15, -0.1) is 0 Å². The predicted molar refractivity (Wildman–Crippen MR) is 87.1 cm³/mol. The van der Waals surface area contributed by atoms with Crippen molar-refractivity contribution in [1.82, 2.24) is 0 Å². The fourth-order valence-corrected chi connectivity index (χ4v) is 1.99. The molecule has 0 unspecified atom stereocenters. The van der Waals surface area contributed by atoms with E-state index in [-0.39, 0.29) is 11.2 Å². The molecular formula is C18H21NO2. The Labute approximate surface area is 125 Å². The number of hydrogen-bond acceptors (Lipinski definition) is 3. The molecule has 2 aromatic carbocycles. The van der Waals surface area contributed by atoms with Crippen LogP contribution in [0.25, 0.3) is 0 Å². The minimum atomic E-state index is 0.0471.